The molecule has 1 atom stereocenters. The lowest BCUT2D eigenvalue weighted by atomic mass is 9.76. The fourth-order valence-corrected chi connectivity index (χ4v) is 4.81. The van der Waals surface area contributed by atoms with Gasteiger partial charge in [0.1, 0.15) is 0 Å². The summed E-state index contributed by atoms with van der Waals surface area (Å²) in [6.45, 7) is 1.10. The van der Waals surface area contributed by atoms with E-state index in [9.17, 15) is 39.6 Å². The van der Waals surface area contributed by atoms with Crippen LogP contribution in [0.15, 0.2) is 42.5 Å². The van der Waals surface area contributed by atoms with Crippen LogP contribution >= 0.6 is 0 Å². The minimum Gasteiger partial charge on any atom is -0.346 e. The molecule has 1 saturated carbocycles. The summed E-state index contributed by atoms with van der Waals surface area (Å²) in [6.07, 6.45) is -5.61. The Hall–Kier alpha value is -2.60. The lowest BCUT2D eigenvalue weighted by molar-refractivity contribution is -0.143. The summed E-state index contributed by atoms with van der Waals surface area (Å²) in [6, 6.07) is 7.90. The summed E-state index contributed by atoms with van der Waals surface area (Å²) in [5.74, 6) is -1.98. The van der Waals surface area contributed by atoms with Gasteiger partial charge in [0.05, 0.1) is 35.4 Å². The molecule has 2 aromatic rings. The summed E-state index contributed by atoms with van der Waals surface area (Å²) < 4.78 is 107. The Balaban J connectivity index is 1.90. The van der Waals surface area contributed by atoms with Gasteiger partial charge >= 0.3 is 12.4 Å². The topological polar surface area (TPSA) is 72.5 Å². The van der Waals surface area contributed by atoms with Gasteiger partial charge in [0, 0.05) is 0 Å². The van der Waals surface area contributed by atoms with Gasteiger partial charge in [-0.15, -0.1) is 0 Å². The summed E-state index contributed by atoms with van der Waals surface area (Å²) in [5, 5.41) is 2.91. The molecule has 0 saturated heterocycles. The van der Waals surface area contributed by atoms with Gasteiger partial charge in [-0.2, -0.15) is 34.8 Å². The summed E-state index contributed by atoms with van der Waals surface area (Å²) in [7, 11) is -3.64. The molecular formula is C25H27F6NO4S. The van der Waals surface area contributed by atoms with Crippen LogP contribution in [0.5, 0.6) is 0 Å². The first-order valence-electron chi connectivity index (χ1n) is 11.6. The van der Waals surface area contributed by atoms with Gasteiger partial charge in [-0.3, -0.25) is 8.98 Å². The predicted octanol–water partition coefficient (Wildman–Crippen LogP) is 6.28. The number of carbonyl (C=O) groups is 1. The SMILES string of the molecule is CC(C(=O)NC1(c2ccc(COS(C)(=O)=O)cc2)CCCCC1)c1cc(C(F)(F)F)cc(C(F)(F)F)c1. The van der Waals surface area contributed by atoms with Crippen LogP contribution in [0.3, 0.4) is 0 Å². The van der Waals surface area contributed by atoms with Crippen molar-refractivity contribution in [2.24, 2.45) is 0 Å². The van der Waals surface area contributed by atoms with Gasteiger partial charge in [-0.1, -0.05) is 43.5 Å². The Morgan fingerprint density at radius 2 is 1.46 bits per heavy atom. The van der Waals surface area contributed by atoms with E-state index < -0.39 is 51.0 Å². The van der Waals surface area contributed by atoms with Gasteiger partial charge in [0.15, 0.2) is 0 Å². The second kappa shape index (κ2) is 10.6. The van der Waals surface area contributed by atoms with Crippen molar-refractivity contribution < 1.29 is 43.7 Å². The smallest absolute Gasteiger partial charge is 0.346 e. The molecule has 1 aliphatic rings. The van der Waals surface area contributed by atoms with Crippen LogP contribution < -0.4 is 5.32 Å². The molecule has 2 aromatic carbocycles. The van der Waals surface area contributed by atoms with E-state index in [1.807, 2.05) is 0 Å². The van der Waals surface area contributed by atoms with E-state index in [-0.39, 0.29) is 18.2 Å². The normalized spacial score (nSPS) is 17.3. The molecule has 0 aliphatic heterocycles. The average molecular weight is 552 g/mol. The Kier molecular flexibility index (Phi) is 8.33. The first-order valence-corrected chi connectivity index (χ1v) is 13.4. The van der Waals surface area contributed by atoms with Crippen LogP contribution in [0.1, 0.15) is 72.8 Å². The molecule has 0 aromatic heterocycles. The summed E-state index contributed by atoms with van der Waals surface area (Å²) in [4.78, 5) is 13.2. The van der Waals surface area contributed by atoms with E-state index in [1.54, 1.807) is 24.3 Å². The van der Waals surface area contributed by atoms with Crippen LogP contribution in [0.25, 0.3) is 0 Å². The summed E-state index contributed by atoms with van der Waals surface area (Å²) >= 11 is 0. The number of rotatable bonds is 7. The molecule has 204 valence electrons. The monoisotopic (exact) mass is 551 g/mol. The minimum atomic E-state index is -5.01. The fraction of sp³-hybridized carbons (Fsp3) is 0.480. The first kappa shape index (κ1) is 29.0. The number of hydrogen-bond donors (Lipinski definition) is 1. The number of halogens is 6. The van der Waals surface area contributed by atoms with E-state index in [1.165, 1.54) is 6.92 Å². The molecule has 5 nitrogen and oxygen atoms in total. The van der Waals surface area contributed by atoms with Crippen LogP contribution in [0, 0.1) is 0 Å². The van der Waals surface area contributed by atoms with Crippen molar-refractivity contribution in [3.63, 3.8) is 0 Å². The lowest BCUT2D eigenvalue weighted by Gasteiger charge is -2.39. The van der Waals surface area contributed by atoms with E-state index >= 15 is 0 Å². The molecule has 1 unspecified atom stereocenters. The average Bonchev–Trinajstić information content (AvgIpc) is 2.81. The lowest BCUT2D eigenvalue weighted by Crippen LogP contribution is -2.48. The fourth-order valence-electron chi connectivity index (χ4n) is 4.46. The third kappa shape index (κ3) is 7.47. The highest BCUT2D eigenvalue weighted by atomic mass is 32.2. The Morgan fingerprint density at radius 3 is 1.92 bits per heavy atom. The van der Waals surface area contributed by atoms with Crippen LogP contribution in [0.4, 0.5) is 26.3 Å². The van der Waals surface area contributed by atoms with Crippen molar-refractivity contribution in [1.29, 1.82) is 0 Å². The molecule has 12 heteroatoms. The number of carbonyl (C=O) groups excluding carboxylic acids is 1. The molecule has 1 aliphatic carbocycles. The van der Waals surface area contributed by atoms with Crippen molar-refractivity contribution >= 4 is 16.0 Å². The summed E-state index contributed by atoms with van der Waals surface area (Å²) in [5.41, 5.74) is -2.93. The molecule has 0 bridgehead atoms. The maximum absolute atomic E-state index is 13.3. The number of hydrogen-bond acceptors (Lipinski definition) is 4. The van der Waals surface area contributed by atoms with Gasteiger partial charge in [-0.05, 0) is 54.7 Å². The third-order valence-corrected chi connectivity index (χ3v) is 7.07. The van der Waals surface area contributed by atoms with Gasteiger partial charge < -0.3 is 5.32 Å². The van der Waals surface area contributed by atoms with E-state index in [4.69, 9.17) is 4.18 Å². The second-order valence-electron chi connectivity index (χ2n) is 9.36. The highest BCUT2D eigenvalue weighted by Gasteiger charge is 2.39. The zero-order valence-electron chi connectivity index (χ0n) is 20.2. The van der Waals surface area contributed by atoms with Gasteiger partial charge in [0.2, 0.25) is 5.91 Å². The van der Waals surface area contributed by atoms with E-state index in [0.29, 0.717) is 36.1 Å². The maximum Gasteiger partial charge on any atom is 0.416 e. The van der Waals surface area contributed by atoms with Crippen LogP contribution in [-0.2, 0) is 43.6 Å². The zero-order chi connectivity index (χ0) is 27.6. The second-order valence-corrected chi connectivity index (χ2v) is 11.0. The van der Waals surface area contributed by atoms with Gasteiger partial charge in [0.25, 0.3) is 10.1 Å². The predicted molar refractivity (Wildman–Crippen MR) is 124 cm³/mol. The largest absolute Gasteiger partial charge is 0.416 e. The zero-order valence-corrected chi connectivity index (χ0v) is 21.0. The minimum absolute atomic E-state index is 0.0335. The molecule has 0 radical (unpaired) electrons. The maximum atomic E-state index is 13.3. The quantitative estimate of drug-likeness (QED) is 0.325. The standard InChI is InChI=1S/C25H27F6NO4S/c1-16(18-12-20(24(26,27)28)14-21(13-18)25(29,30)31)22(33)32-23(10-4-3-5-11-23)19-8-6-17(7-9-19)15-36-37(2,34)35/h6-9,12-14,16H,3-5,10-11,15H2,1-2H3,(H,32,33). The molecule has 37 heavy (non-hydrogen) atoms. The van der Waals surface area contributed by atoms with Crippen molar-refractivity contribution in [3.8, 4) is 0 Å². The van der Waals surface area contributed by atoms with Crippen molar-refractivity contribution in [3.05, 3.63) is 70.3 Å². The molecule has 0 spiro atoms. The number of benzene rings is 2. The Labute approximate surface area is 211 Å². The molecular weight excluding hydrogens is 524 g/mol. The van der Waals surface area contributed by atoms with Crippen LogP contribution in [0.2, 0.25) is 0 Å². The molecule has 1 amide bonds. The van der Waals surface area contributed by atoms with Gasteiger partial charge in [-0.25, -0.2) is 0 Å². The highest BCUT2D eigenvalue weighted by Crippen LogP contribution is 2.40. The van der Waals surface area contributed by atoms with Crippen molar-refractivity contribution in [1.82, 2.24) is 5.32 Å². The molecule has 1 N–H and O–H groups in total. The Bertz CT molecular complexity index is 1180. The highest BCUT2D eigenvalue weighted by molar-refractivity contribution is 7.85. The van der Waals surface area contributed by atoms with E-state index in [0.717, 1.165) is 25.5 Å². The third-order valence-electron chi connectivity index (χ3n) is 6.52. The number of amides is 1. The van der Waals surface area contributed by atoms with Crippen LogP contribution in [-0.4, -0.2) is 20.6 Å². The first-order chi connectivity index (χ1) is 17.0. The number of alkyl halides is 6. The molecule has 3 rings (SSSR count). The number of nitrogens with one attached hydrogen (secondary N) is 1. The van der Waals surface area contributed by atoms with E-state index in [2.05, 4.69) is 5.32 Å². The molecule has 0 heterocycles. The van der Waals surface area contributed by atoms with Crippen molar-refractivity contribution in [2.75, 3.05) is 6.26 Å². The van der Waals surface area contributed by atoms with Crippen molar-refractivity contribution in [2.45, 2.75) is 69.4 Å². The Morgan fingerprint density at radius 1 is 0.946 bits per heavy atom. The molecule has 1 fully saturated rings.